The lowest BCUT2D eigenvalue weighted by Crippen LogP contribution is -2.40. The number of nitrogens with zero attached hydrogens (tertiary/aromatic N) is 1. The van der Waals surface area contributed by atoms with Crippen LogP contribution >= 0.6 is 12.4 Å². The third kappa shape index (κ3) is 3.02. The molecular formula is C20H30ClNO3. The fourth-order valence-electron chi connectivity index (χ4n) is 4.81. The molecule has 0 aromatic rings. The molecule has 3 heterocycles. The maximum atomic E-state index is 9.12. The Bertz CT molecular complexity index is 610. The van der Waals surface area contributed by atoms with Crippen molar-refractivity contribution in [2.45, 2.75) is 70.5 Å². The Morgan fingerprint density at radius 1 is 1.36 bits per heavy atom. The summed E-state index contributed by atoms with van der Waals surface area (Å²) in [6, 6.07) is 0. The first-order valence-electron chi connectivity index (χ1n) is 9.38. The summed E-state index contributed by atoms with van der Waals surface area (Å²) in [7, 11) is 0. The lowest BCUT2D eigenvalue weighted by atomic mass is 9.65. The zero-order valence-corrected chi connectivity index (χ0v) is 16.1. The van der Waals surface area contributed by atoms with Gasteiger partial charge in [-0.05, 0) is 51.5 Å². The number of halogens is 1. The van der Waals surface area contributed by atoms with Crippen LogP contribution in [0.5, 0.6) is 0 Å². The quantitative estimate of drug-likeness (QED) is 0.806. The minimum absolute atomic E-state index is 0. The van der Waals surface area contributed by atoms with Crippen molar-refractivity contribution in [2.75, 3.05) is 13.2 Å². The molecule has 1 aliphatic carbocycles. The molecule has 5 heteroatoms. The molecule has 4 rings (SSSR count). The number of aliphatic hydroxyl groups excluding tert-OH is 1. The molecule has 1 saturated carbocycles. The Kier molecular flexibility index (Phi) is 5.25. The summed E-state index contributed by atoms with van der Waals surface area (Å²) in [6.45, 7) is 4.61. The van der Waals surface area contributed by atoms with Crippen molar-refractivity contribution >= 4 is 12.4 Å². The van der Waals surface area contributed by atoms with Gasteiger partial charge in [0.25, 0.3) is 0 Å². The summed E-state index contributed by atoms with van der Waals surface area (Å²) in [5.74, 6) is 1.22. The third-order valence-corrected chi connectivity index (χ3v) is 6.17. The molecule has 0 radical (unpaired) electrons. The van der Waals surface area contributed by atoms with Gasteiger partial charge < -0.3 is 19.5 Å². The van der Waals surface area contributed by atoms with Gasteiger partial charge in [-0.25, -0.2) is 0 Å². The van der Waals surface area contributed by atoms with Crippen molar-refractivity contribution < 1.29 is 14.6 Å². The molecule has 2 fully saturated rings. The fraction of sp³-hybridized carbons (Fsp3) is 0.700. The van der Waals surface area contributed by atoms with Crippen LogP contribution in [0.4, 0.5) is 0 Å². The van der Waals surface area contributed by atoms with Gasteiger partial charge in [-0.15, -0.1) is 12.4 Å². The van der Waals surface area contributed by atoms with Crippen molar-refractivity contribution in [1.82, 2.24) is 4.90 Å². The van der Waals surface area contributed by atoms with Gasteiger partial charge in [0, 0.05) is 18.8 Å². The Labute approximate surface area is 157 Å². The summed E-state index contributed by atoms with van der Waals surface area (Å²) in [5.41, 5.74) is 2.60. The van der Waals surface area contributed by atoms with Crippen molar-refractivity contribution in [3.05, 3.63) is 35.5 Å². The number of aliphatic hydroxyl groups is 1. The number of hydrogen-bond acceptors (Lipinski definition) is 4. The lowest BCUT2D eigenvalue weighted by Gasteiger charge is -2.43. The molecule has 4 aliphatic rings. The Morgan fingerprint density at radius 2 is 2.20 bits per heavy atom. The zero-order valence-electron chi connectivity index (χ0n) is 15.3. The molecule has 1 spiro atoms. The average Bonchev–Trinajstić information content (AvgIpc) is 2.99. The standard InChI is InChI=1S/C20H29NO3.ClH/c1-19(2,23-12-11-22)17-13-20-9-5-3-7-15(20)14-21-10-6-4-8-16(21)18(20)24-17;/h6,10,14,17,22H,3-5,7-9,11-13H2,1-2H3;1H. The van der Waals surface area contributed by atoms with Crippen LogP contribution in [-0.2, 0) is 9.47 Å². The second-order valence-corrected chi connectivity index (χ2v) is 8.04. The van der Waals surface area contributed by atoms with Crippen LogP contribution in [0.2, 0.25) is 0 Å². The van der Waals surface area contributed by atoms with Gasteiger partial charge in [0.2, 0.25) is 0 Å². The topological polar surface area (TPSA) is 41.9 Å². The van der Waals surface area contributed by atoms with Gasteiger partial charge >= 0.3 is 0 Å². The first-order valence-corrected chi connectivity index (χ1v) is 9.38. The van der Waals surface area contributed by atoms with E-state index in [2.05, 4.69) is 37.2 Å². The van der Waals surface area contributed by atoms with Gasteiger partial charge in [0.1, 0.15) is 11.9 Å². The SMILES string of the molecule is CC(C)(OCCO)C1CC23CCCCC2=CN2C=CCCC2=C3O1.Cl. The molecule has 1 saturated heterocycles. The molecule has 0 aromatic heterocycles. The van der Waals surface area contributed by atoms with Crippen LogP contribution in [-0.4, -0.2) is 34.9 Å². The summed E-state index contributed by atoms with van der Waals surface area (Å²) >= 11 is 0. The molecule has 1 N–H and O–H groups in total. The highest BCUT2D eigenvalue weighted by molar-refractivity contribution is 5.85. The highest BCUT2D eigenvalue weighted by Gasteiger charge is 2.55. The van der Waals surface area contributed by atoms with Gasteiger partial charge in [-0.1, -0.05) is 12.5 Å². The summed E-state index contributed by atoms with van der Waals surface area (Å²) in [5, 5.41) is 9.12. The van der Waals surface area contributed by atoms with Gasteiger partial charge in [0.15, 0.2) is 0 Å². The zero-order chi connectivity index (χ0) is 16.8. The number of ether oxygens (including phenoxy) is 2. The molecule has 0 aromatic carbocycles. The van der Waals surface area contributed by atoms with E-state index in [4.69, 9.17) is 14.6 Å². The minimum atomic E-state index is -0.389. The summed E-state index contributed by atoms with van der Waals surface area (Å²) in [4.78, 5) is 2.29. The van der Waals surface area contributed by atoms with Crippen molar-refractivity contribution in [2.24, 2.45) is 5.41 Å². The predicted molar refractivity (Wildman–Crippen MR) is 100 cm³/mol. The normalized spacial score (nSPS) is 30.8. The third-order valence-electron chi connectivity index (χ3n) is 6.17. The van der Waals surface area contributed by atoms with E-state index in [-0.39, 0.29) is 36.1 Å². The Balaban J connectivity index is 0.00000182. The lowest BCUT2D eigenvalue weighted by molar-refractivity contribution is -0.105. The van der Waals surface area contributed by atoms with Crippen molar-refractivity contribution in [3.63, 3.8) is 0 Å². The van der Waals surface area contributed by atoms with Crippen molar-refractivity contribution in [3.8, 4) is 0 Å². The van der Waals surface area contributed by atoms with Crippen LogP contribution in [0.1, 0.15) is 58.8 Å². The van der Waals surface area contributed by atoms with Crippen LogP contribution in [0.15, 0.2) is 35.5 Å². The molecule has 2 atom stereocenters. The number of allylic oxidation sites excluding steroid dienone is 3. The molecule has 0 amide bonds. The first-order chi connectivity index (χ1) is 11.6. The molecular weight excluding hydrogens is 338 g/mol. The summed E-state index contributed by atoms with van der Waals surface area (Å²) < 4.78 is 12.5. The van der Waals surface area contributed by atoms with E-state index in [1.165, 1.54) is 37.1 Å². The van der Waals surface area contributed by atoms with Crippen LogP contribution < -0.4 is 0 Å². The molecule has 25 heavy (non-hydrogen) atoms. The predicted octanol–water partition coefficient (Wildman–Crippen LogP) is 4.26. The maximum absolute atomic E-state index is 9.12. The van der Waals surface area contributed by atoms with E-state index >= 15 is 0 Å². The van der Waals surface area contributed by atoms with E-state index in [1.807, 2.05) is 0 Å². The van der Waals surface area contributed by atoms with E-state index in [0.717, 1.165) is 19.3 Å². The Hall–Kier alpha value is -0.970. The molecule has 2 unspecified atom stereocenters. The first kappa shape index (κ1) is 18.8. The van der Waals surface area contributed by atoms with E-state index in [0.29, 0.717) is 6.61 Å². The fourth-order valence-corrected chi connectivity index (χ4v) is 4.81. The molecule has 4 nitrogen and oxygen atoms in total. The highest BCUT2D eigenvalue weighted by atomic mass is 35.5. The largest absolute Gasteiger partial charge is 0.489 e. The second kappa shape index (κ2) is 6.98. The number of rotatable bonds is 4. The van der Waals surface area contributed by atoms with E-state index in [9.17, 15) is 0 Å². The second-order valence-electron chi connectivity index (χ2n) is 8.04. The van der Waals surface area contributed by atoms with E-state index < -0.39 is 0 Å². The number of fused-ring (bicyclic) bond motifs is 1. The average molecular weight is 368 g/mol. The maximum Gasteiger partial charge on any atom is 0.128 e. The van der Waals surface area contributed by atoms with Crippen molar-refractivity contribution in [1.29, 1.82) is 0 Å². The van der Waals surface area contributed by atoms with Gasteiger partial charge in [0.05, 0.1) is 29.9 Å². The van der Waals surface area contributed by atoms with Crippen LogP contribution in [0.3, 0.4) is 0 Å². The minimum Gasteiger partial charge on any atom is -0.489 e. The highest BCUT2D eigenvalue weighted by Crippen LogP contribution is 2.60. The van der Waals surface area contributed by atoms with E-state index in [1.54, 1.807) is 5.57 Å². The summed E-state index contributed by atoms with van der Waals surface area (Å²) in [6.07, 6.45) is 14.9. The monoisotopic (exact) mass is 367 g/mol. The number of hydrogen-bond donors (Lipinski definition) is 1. The van der Waals surface area contributed by atoms with Crippen LogP contribution in [0.25, 0.3) is 0 Å². The Morgan fingerprint density at radius 3 is 3.00 bits per heavy atom. The van der Waals surface area contributed by atoms with Gasteiger partial charge in [-0.2, -0.15) is 0 Å². The molecule has 0 bridgehead atoms. The molecule has 140 valence electrons. The van der Waals surface area contributed by atoms with Crippen LogP contribution in [0, 0.1) is 5.41 Å². The smallest absolute Gasteiger partial charge is 0.128 e. The van der Waals surface area contributed by atoms with Gasteiger partial charge in [-0.3, -0.25) is 0 Å². The molecule has 3 aliphatic heterocycles.